The highest BCUT2D eigenvalue weighted by molar-refractivity contribution is 7.47. The number of carbonyl (C=O) groups is 2. The van der Waals surface area contributed by atoms with Gasteiger partial charge in [-0.2, -0.15) is 0 Å². The van der Waals surface area contributed by atoms with Crippen LogP contribution in [0.25, 0.3) is 0 Å². The zero-order chi connectivity index (χ0) is 11.9. The second kappa shape index (κ2) is 6.52. The number of rotatable bonds is 6. The third kappa shape index (κ3) is 9.36. The fourth-order valence-electron chi connectivity index (χ4n) is 0.468. The van der Waals surface area contributed by atoms with Crippen molar-refractivity contribution in [3.8, 4) is 0 Å². The van der Waals surface area contributed by atoms with E-state index >= 15 is 0 Å². The quantitative estimate of drug-likeness (QED) is 0.418. The predicted octanol–water partition coefficient (Wildman–Crippen LogP) is -0.693. The lowest BCUT2D eigenvalue weighted by Crippen LogP contribution is -2.25. The molecule has 0 fully saturated rings. The Kier molecular flexibility index (Phi) is 6.11. The lowest BCUT2D eigenvalue weighted by Gasteiger charge is -2.11. The molecule has 8 nitrogen and oxygen atoms in total. The Morgan fingerprint density at radius 1 is 1.13 bits per heavy atom. The summed E-state index contributed by atoms with van der Waals surface area (Å²) in [6.07, 6.45) is 0. The lowest BCUT2D eigenvalue weighted by molar-refractivity contribution is -0.120. The molecule has 0 spiro atoms. The van der Waals surface area contributed by atoms with Crippen LogP contribution in [0.2, 0.25) is 0 Å². The zero-order valence-electron chi connectivity index (χ0n) is 8.35. The summed E-state index contributed by atoms with van der Waals surface area (Å²) in [6.45, 7) is 1.57. The molecule has 0 aromatic carbocycles. The Labute approximate surface area is 86.6 Å². The number of hydrogen-bond acceptors (Lipinski definition) is 5. The molecule has 9 heteroatoms. The van der Waals surface area contributed by atoms with E-state index < -0.39 is 33.1 Å². The molecule has 2 amide bonds. The average Bonchev–Trinajstić information content (AvgIpc) is 2.01. The molecule has 0 unspecified atom stereocenters. The van der Waals surface area contributed by atoms with Gasteiger partial charge in [0.05, 0.1) is 0 Å². The van der Waals surface area contributed by atoms with Crippen LogP contribution in [0.3, 0.4) is 0 Å². The Morgan fingerprint density at radius 2 is 1.47 bits per heavy atom. The first-order valence-electron chi connectivity index (χ1n) is 3.94. The molecule has 0 aliphatic heterocycles. The van der Waals surface area contributed by atoms with Gasteiger partial charge in [0, 0.05) is 13.8 Å². The topological polar surface area (TPSA) is 114 Å². The predicted molar refractivity (Wildman–Crippen MR) is 49.4 cm³/mol. The van der Waals surface area contributed by atoms with Crippen LogP contribution in [0.1, 0.15) is 13.8 Å². The summed E-state index contributed by atoms with van der Waals surface area (Å²) in [4.78, 5) is 29.7. The van der Waals surface area contributed by atoms with Crippen molar-refractivity contribution in [2.24, 2.45) is 0 Å². The molecule has 3 N–H and O–H groups in total. The second-order valence-corrected chi connectivity index (χ2v) is 3.93. The van der Waals surface area contributed by atoms with Crippen molar-refractivity contribution in [3.63, 3.8) is 0 Å². The van der Waals surface area contributed by atoms with Crippen LogP contribution < -0.4 is 10.6 Å². The number of phosphoric ester groups is 1. The monoisotopic (exact) mass is 240 g/mol. The molecule has 0 saturated carbocycles. The third-order valence-electron chi connectivity index (χ3n) is 1.10. The first-order valence-corrected chi connectivity index (χ1v) is 5.44. The highest BCUT2D eigenvalue weighted by atomic mass is 31.2. The zero-order valence-corrected chi connectivity index (χ0v) is 9.24. The number of phosphoric acid groups is 1. The molecule has 88 valence electrons. The molecule has 0 rings (SSSR count). The van der Waals surface area contributed by atoms with E-state index in [1.54, 1.807) is 0 Å². The smallest absolute Gasteiger partial charge is 0.333 e. The maximum atomic E-state index is 11.0. The molecule has 0 atom stereocenters. The van der Waals surface area contributed by atoms with E-state index in [1.807, 2.05) is 0 Å². The average molecular weight is 240 g/mol. The summed E-state index contributed by atoms with van der Waals surface area (Å²) in [6, 6.07) is 0. The van der Waals surface area contributed by atoms with Gasteiger partial charge in [-0.25, -0.2) is 4.57 Å². The highest BCUT2D eigenvalue weighted by Crippen LogP contribution is 2.42. The third-order valence-corrected chi connectivity index (χ3v) is 2.01. The highest BCUT2D eigenvalue weighted by Gasteiger charge is 2.20. The van der Waals surface area contributed by atoms with E-state index in [0.717, 1.165) is 0 Å². The normalized spacial score (nSPS) is 10.9. The first-order chi connectivity index (χ1) is 6.83. The Bertz CT molecular complexity index is 257. The van der Waals surface area contributed by atoms with Crippen molar-refractivity contribution in [1.82, 2.24) is 10.6 Å². The number of amides is 2. The van der Waals surface area contributed by atoms with Crippen LogP contribution in [-0.2, 0) is 23.2 Å². The first kappa shape index (κ1) is 14.1. The molecule has 0 aromatic heterocycles. The SMILES string of the molecule is CC(=O)NCOP(=O)(O)OCNC(C)=O. The van der Waals surface area contributed by atoms with Gasteiger partial charge < -0.3 is 15.5 Å². The van der Waals surface area contributed by atoms with Gasteiger partial charge in [0.1, 0.15) is 13.5 Å². The van der Waals surface area contributed by atoms with Crippen LogP contribution in [0.5, 0.6) is 0 Å². The minimum Gasteiger partial charge on any atom is -0.333 e. The number of carbonyl (C=O) groups excluding carboxylic acids is 2. The standard InChI is InChI=1S/C6H13N2O6P/c1-5(9)7-3-13-15(11,12)14-4-8-6(2)10/h3-4H2,1-2H3,(H,7,9)(H,8,10)(H,11,12). The van der Waals surface area contributed by atoms with Crippen molar-refractivity contribution in [2.45, 2.75) is 13.8 Å². The number of nitrogens with one attached hydrogen (secondary N) is 2. The second-order valence-electron chi connectivity index (χ2n) is 2.48. The van der Waals surface area contributed by atoms with Crippen LogP contribution in [0.15, 0.2) is 0 Å². The largest absolute Gasteiger partial charge is 0.475 e. The summed E-state index contributed by atoms with van der Waals surface area (Å²) in [5.74, 6) is -0.811. The van der Waals surface area contributed by atoms with Crippen LogP contribution >= 0.6 is 7.82 Å². The van der Waals surface area contributed by atoms with Crippen molar-refractivity contribution in [1.29, 1.82) is 0 Å². The molecule has 0 aliphatic rings. The van der Waals surface area contributed by atoms with Crippen molar-refractivity contribution >= 4 is 19.6 Å². The molecule has 0 aromatic rings. The molecule has 0 heterocycles. The molecule has 0 aliphatic carbocycles. The lowest BCUT2D eigenvalue weighted by atomic mass is 10.7. The van der Waals surface area contributed by atoms with Gasteiger partial charge in [0.15, 0.2) is 0 Å². The van der Waals surface area contributed by atoms with Gasteiger partial charge in [0.25, 0.3) is 0 Å². The summed E-state index contributed by atoms with van der Waals surface area (Å²) >= 11 is 0. The molecule has 0 saturated heterocycles. The Balaban J connectivity index is 3.72. The summed E-state index contributed by atoms with van der Waals surface area (Å²) in [5.41, 5.74) is 0. The van der Waals surface area contributed by atoms with E-state index in [0.29, 0.717) is 0 Å². The van der Waals surface area contributed by atoms with Gasteiger partial charge in [-0.05, 0) is 0 Å². The summed E-state index contributed by atoms with van der Waals surface area (Å²) < 4.78 is 19.6. The minimum absolute atomic E-state index is 0.406. The number of hydrogen-bond donors (Lipinski definition) is 3. The van der Waals surface area contributed by atoms with Crippen LogP contribution in [0.4, 0.5) is 0 Å². The van der Waals surface area contributed by atoms with E-state index in [9.17, 15) is 14.2 Å². The van der Waals surface area contributed by atoms with Crippen molar-refractivity contribution in [3.05, 3.63) is 0 Å². The van der Waals surface area contributed by atoms with Crippen LogP contribution in [-0.4, -0.2) is 30.2 Å². The molecular formula is C6H13N2O6P. The van der Waals surface area contributed by atoms with Gasteiger partial charge in [0.2, 0.25) is 11.8 Å². The van der Waals surface area contributed by atoms with E-state index in [1.165, 1.54) is 13.8 Å². The van der Waals surface area contributed by atoms with Crippen molar-refractivity contribution < 1.29 is 28.1 Å². The molecule has 15 heavy (non-hydrogen) atoms. The Hall–Kier alpha value is -0.950. The Morgan fingerprint density at radius 3 is 1.73 bits per heavy atom. The molecule has 0 radical (unpaired) electrons. The van der Waals surface area contributed by atoms with E-state index in [2.05, 4.69) is 19.7 Å². The van der Waals surface area contributed by atoms with Gasteiger partial charge >= 0.3 is 7.82 Å². The van der Waals surface area contributed by atoms with E-state index in [-0.39, 0.29) is 0 Å². The fourth-order valence-corrected chi connectivity index (χ4v) is 0.998. The maximum absolute atomic E-state index is 11.0. The summed E-state index contributed by atoms with van der Waals surface area (Å²) in [5, 5.41) is 4.28. The molecular weight excluding hydrogens is 227 g/mol. The maximum Gasteiger partial charge on any atom is 0.475 e. The van der Waals surface area contributed by atoms with Gasteiger partial charge in [-0.1, -0.05) is 0 Å². The van der Waals surface area contributed by atoms with Crippen LogP contribution in [0, 0.1) is 0 Å². The minimum atomic E-state index is -4.23. The van der Waals surface area contributed by atoms with Gasteiger partial charge in [-0.15, -0.1) is 0 Å². The van der Waals surface area contributed by atoms with Gasteiger partial charge in [-0.3, -0.25) is 18.6 Å². The fraction of sp³-hybridized carbons (Fsp3) is 0.667. The molecule has 0 bridgehead atoms. The van der Waals surface area contributed by atoms with Crippen molar-refractivity contribution in [2.75, 3.05) is 13.5 Å². The summed E-state index contributed by atoms with van der Waals surface area (Å²) in [7, 11) is -4.23. The van der Waals surface area contributed by atoms with E-state index in [4.69, 9.17) is 4.89 Å².